The van der Waals surface area contributed by atoms with Gasteiger partial charge in [0, 0.05) is 6.54 Å². The minimum atomic E-state index is 0.755. The average molecular weight is 177 g/mol. The molecule has 13 heavy (non-hydrogen) atoms. The number of aryl methyl sites for hydroxylation is 2. The van der Waals surface area contributed by atoms with Gasteiger partial charge in [-0.1, -0.05) is 18.2 Å². The summed E-state index contributed by atoms with van der Waals surface area (Å²) in [6.07, 6.45) is 1.51. The molecule has 1 aromatic rings. The van der Waals surface area contributed by atoms with Crippen molar-refractivity contribution in [3.63, 3.8) is 0 Å². The Balaban J connectivity index is 2.81. The summed E-state index contributed by atoms with van der Waals surface area (Å²) in [7, 11) is 0. The summed E-state index contributed by atoms with van der Waals surface area (Å²) in [6.45, 7) is 6.79. The van der Waals surface area contributed by atoms with E-state index in [4.69, 9.17) is 4.74 Å². The quantitative estimate of drug-likeness (QED) is 0.514. The predicted molar refractivity (Wildman–Crippen MR) is 55.6 cm³/mol. The van der Waals surface area contributed by atoms with E-state index in [-0.39, 0.29) is 0 Å². The van der Waals surface area contributed by atoms with Crippen molar-refractivity contribution in [2.75, 3.05) is 6.54 Å². The Labute approximate surface area is 79.3 Å². The third-order valence-corrected chi connectivity index (χ3v) is 1.84. The molecule has 0 heterocycles. The number of para-hydroxylation sites is 1. The van der Waals surface area contributed by atoms with Gasteiger partial charge in [-0.15, -0.1) is 0 Å². The zero-order valence-corrected chi connectivity index (χ0v) is 8.37. The fourth-order valence-electron chi connectivity index (χ4n) is 1.15. The van der Waals surface area contributed by atoms with Crippen LogP contribution in [0.4, 0.5) is 0 Å². The molecule has 0 amide bonds. The molecule has 0 aliphatic carbocycles. The van der Waals surface area contributed by atoms with Gasteiger partial charge in [-0.05, 0) is 31.9 Å². The van der Waals surface area contributed by atoms with Crippen LogP contribution in [0.25, 0.3) is 0 Å². The van der Waals surface area contributed by atoms with E-state index in [9.17, 15) is 0 Å². The van der Waals surface area contributed by atoms with Crippen LogP contribution in [0.15, 0.2) is 23.2 Å². The molecule has 0 radical (unpaired) electrons. The predicted octanol–water partition coefficient (Wildman–Crippen LogP) is 2.73. The molecule has 1 aromatic carbocycles. The average Bonchev–Trinajstić information content (AvgIpc) is 2.10. The summed E-state index contributed by atoms with van der Waals surface area (Å²) in [4.78, 5) is 4.00. The van der Waals surface area contributed by atoms with Gasteiger partial charge in [-0.3, -0.25) is 4.99 Å². The first-order valence-corrected chi connectivity index (χ1v) is 4.47. The maximum Gasteiger partial charge on any atom is 0.176 e. The molecule has 0 fully saturated rings. The summed E-state index contributed by atoms with van der Waals surface area (Å²) < 4.78 is 5.42. The van der Waals surface area contributed by atoms with Crippen molar-refractivity contribution >= 4 is 6.40 Å². The number of aliphatic imine (C=N–C) groups is 1. The van der Waals surface area contributed by atoms with E-state index in [1.54, 1.807) is 0 Å². The lowest BCUT2D eigenvalue weighted by Crippen LogP contribution is -1.95. The van der Waals surface area contributed by atoms with Gasteiger partial charge in [0.25, 0.3) is 0 Å². The fraction of sp³-hybridized carbons (Fsp3) is 0.364. The van der Waals surface area contributed by atoms with Gasteiger partial charge < -0.3 is 4.74 Å². The number of rotatable bonds is 3. The molecule has 0 atom stereocenters. The van der Waals surface area contributed by atoms with E-state index >= 15 is 0 Å². The van der Waals surface area contributed by atoms with Crippen molar-refractivity contribution in [1.29, 1.82) is 0 Å². The highest BCUT2D eigenvalue weighted by molar-refractivity contribution is 5.55. The molecule has 0 saturated heterocycles. The number of nitrogens with zero attached hydrogens (tertiary/aromatic N) is 1. The number of hydrogen-bond acceptors (Lipinski definition) is 2. The highest BCUT2D eigenvalue weighted by Crippen LogP contribution is 2.21. The monoisotopic (exact) mass is 177 g/mol. The molecule has 2 nitrogen and oxygen atoms in total. The molecule has 0 saturated carbocycles. The zero-order valence-electron chi connectivity index (χ0n) is 8.37. The molecule has 70 valence electrons. The Bertz CT molecular complexity index is 285. The van der Waals surface area contributed by atoms with E-state index in [1.165, 1.54) is 6.40 Å². The molecule has 0 spiro atoms. The van der Waals surface area contributed by atoms with Crippen molar-refractivity contribution < 1.29 is 4.74 Å². The second kappa shape index (κ2) is 4.65. The summed E-state index contributed by atoms with van der Waals surface area (Å²) in [6, 6.07) is 6.08. The van der Waals surface area contributed by atoms with E-state index in [1.807, 2.05) is 39.0 Å². The van der Waals surface area contributed by atoms with E-state index in [0.717, 1.165) is 23.4 Å². The highest BCUT2D eigenvalue weighted by Gasteiger charge is 2.00. The van der Waals surface area contributed by atoms with Crippen molar-refractivity contribution in [1.82, 2.24) is 0 Å². The van der Waals surface area contributed by atoms with E-state index < -0.39 is 0 Å². The summed E-state index contributed by atoms with van der Waals surface area (Å²) in [5.74, 6) is 0.916. The van der Waals surface area contributed by atoms with E-state index in [2.05, 4.69) is 4.99 Å². The van der Waals surface area contributed by atoms with Crippen LogP contribution < -0.4 is 4.74 Å². The molecular formula is C11H15NO. The summed E-state index contributed by atoms with van der Waals surface area (Å²) in [5, 5.41) is 0. The van der Waals surface area contributed by atoms with Crippen LogP contribution in [0.3, 0.4) is 0 Å². The largest absolute Gasteiger partial charge is 0.446 e. The molecule has 0 bridgehead atoms. The number of ether oxygens (including phenoxy) is 1. The summed E-state index contributed by atoms with van der Waals surface area (Å²) >= 11 is 0. The third kappa shape index (κ3) is 2.58. The molecule has 0 aliphatic rings. The SMILES string of the molecule is CC/N=C/Oc1c(C)cccc1C. The normalized spacial score (nSPS) is 10.7. The molecule has 1 rings (SSSR count). The Hall–Kier alpha value is -1.31. The minimum Gasteiger partial charge on any atom is -0.446 e. The van der Waals surface area contributed by atoms with Crippen LogP contribution in [0.1, 0.15) is 18.1 Å². The molecule has 0 aromatic heterocycles. The van der Waals surface area contributed by atoms with Gasteiger partial charge in [-0.25, -0.2) is 0 Å². The molecule has 2 heteroatoms. The van der Waals surface area contributed by atoms with Crippen molar-refractivity contribution in [3.05, 3.63) is 29.3 Å². The van der Waals surface area contributed by atoms with Crippen LogP contribution in [0.2, 0.25) is 0 Å². The standard InChI is InChI=1S/C11H15NO/c1-4-12-8-13-11-9(2)6-5-7-10(11)3/h5-8H,4H2,1-3H3/b12-8+. The van der Waals surface area contributed by atoms with Gasteiger partial charge in [0.05, 0.1) is 0 Å². The van der Waals surface area contributed by atoms with Crippen molar-refractivity contribution in [2.24, 2.45) is 4.99 Å². The first kappa shape index (κ1) is 9.78. The first-order valence-electron chi connectivity index (χ1n) is 4.47. The Morgan fingerprint density at radius 3 is 2.46 bits per heavy atom. The van der Waals surface area contributed by atoms with Gasteiger partial charge in [-0.2, -0.15) is 0 Å². The minimum absolute atomic E-state index is 0.755. The van der Waals surface area contributed by atoms with Crippen molar-refractivity contribution in [3.8, 4) is 5.75 Å². The lowest BCUT2D eigenvalue weighted by Gasteiger charge is -2.06. The van der Waals surface area contributed by atoms with E-state index in [0.29, 0.717) is 0 Å². The van der Waals surface area contributed by atoms with Gasteiger partial charge in [0.2, 0.25) is 0 Å². The van der Waals surface area contributed by atoms with Crippen LogP contribution in [-0.2, 0) is 0 Å². The Morgan fingerprint density at radius 1 is 1.31 bits per heavy atom. The lowest BCUT2D eigenvalue weighted by atomic mass is 10.1. The fourth-order valence-corrected chi connectivity index (χ4v) is 1.15. The zero-order chi connectivity index (χ0) is 9.68. The highest BCUT2D eigenvalue weighted by atomic mass is 16.5. The third-order valence-electron chi connectivity index (χ3n) is 1.84. The second-order valence-electron chi connectivity index (χ2n) is 2.94. The Morgan fingerprint density at radius 2 is 1.92 bits per heavy atom. The molecular weight excluding hydrogens is 162 g/mol. The van der Waals surface area contributed by atoms with Gasteiger partial charge >= 0.3 is 0 Å². The van der Waals surface area contributed by atoms with Crippen LogP contribution in [-0.4, -0.2) is 12.9 Å². The van der Waals surface area contributed by atoms with Crippen LogP contribution in [0, 0.1) is 13.8 Å². The maximum absolute atomic E-state index is 5.42. The first-order chi connectivity index (χ1) is 6.25. The number of benzene rings is 1. The molecule has 0 N–H and O–H groups in total. The van der Waals surface area contributed by atoms with Crippen LogP contribution in [0.5, 0.6) is 5.75 Å². The van der Waals surface area contributed by atoms with Crippen LogP contribution >= 0.6 is 0 Å². The maximum atomic E-state index is 5.42. The topological polar surface area (TPSA) is 21.6 Å². The summed E-state index contributed by atoms with van der Waals surface area (Å²) in [5.41, 5.74) is 2.28. The lowest BCUT2D eigenvalue weighted by molar-refractivity contribution is 0.561. The second-order valence-corrected chi connectivity index (χ2v) is 2.94. The van der Waals surface area contributed by atoms with Crippen molar-refractivity contribution in [2.45, 2.75) is 20.8 Å². The molecule has 0 aliphatic heterocycles. The Kier molecular flexibility index (Phi) is 3.50. The van der Waals surface area contributed by atoms with Gasteiger partial charge in [0.1, 0.15) is 5.75 Å². The molecule has 0 unspecified atom stereocenters. The van der Waals surface area contributed by atoms with Gasteiger partial charge in [0.15, 0.2) is 6.40 Å². The smallest absolute Gasteiger partial charge is 0.176 e. The number of hydrogen-bond donors (Lipinski definition) is 0.